The number of amides is 3. The monoisotopic (exact) mass is 582 g/mol. The van der Waals surface area contributed by atoms with E-state index in [2.05, 4.69) is 22.2 Å². The van der Waals surface area contributed by atoms with Crippen LogP contribution in [-0.2, 0) is 23.9 Å². The number of nitrogens with one attached hydrogen (secondary N) is 2. The van der Waals surface area contributed by atoms with Crippen LogP contribution in [0.3, 0.4) is 0 Å². The largest absolute Gasteiger partial charge is 0.488 e. The SMILES string of the molecule is C=CC1CC1(NC(=O)C1CC(Oc2ccnc3ccccc23)CN1C(=O)C(NC(=O)OC(C)(C)C)C(C)OC)C(=O)O. The number of fused-ring (bicyclic) bond motifs is 1. The Labute approximate surface area is 244 Å². The molecule has 1 aromatic heterocycles. The van der Waals surface area contributed by atoms with Gasteiger partial charge >= 0.3 is 12.1 Å². The van der Waals surface area contributed by atoms with Gasteiger partial charge in [-0.15, -0.1) is 6.58 Å². The minimum atomic E-state index is -1.48. The number of aromatic nitrogens is 1. The van der Waals surface area contributed by atoms with Gasteiger partial charge in [0.25, 0.3) is 0 Å². The Kier molecular flexibility index (Phi) is 8.76. The Morgan fingerprint density at radius 1 is 1.21 bits per heavy atom. The number of nitrogens with zero attached hydrogens (tertiary/aromatic N) is 2. The highest BCUT2D eigenvalue weighted by atomic mass is 16.6. The maximum absolute atomic E-state index is 14.0. The zero-order chi connectivity index (χ0) is 30.8. The van der Waals surface area contributed by atoms with E-state index in [9.17, 15) is 24.3 Å². The van der Waals surface area contributed by atoms with Crippen molar-refractivity contribution in [3.05, 3.63) is 49.2 Å². The van der Waals surface area contributed by atoms with Crippen molar-refractivity contribution in [2.24, 2.45) is 5.92 Å². The number of likely N-dealkylation sites (tertiary alicyclic amines) is 1. The van der Waals surface area contributed by atoms with Gasteiger partial charge in [-0.25, -0.2) is 9.59 Å². The Morgan fingerprint density at radius 2 is 1.93 bits per heavy atom. The Balaban J connectivity index is 1.62. The molecule has 3 amide bonds. The summed E-state index contributed by atoms with van der Waals surface area (Å²) in [5.41, 5.74) is -1.58. The molecule has 4 rings (SSSR count). The van der Waals surface area contributed by atoms with E-state index in [4.69, 9.17) is 14.2 Å². The van der Waals surface area contributed by atoms with Crippen LogP contribution in [0.1, 0.15) is 40.5 Å². The van der Waals surface area contributed by atoms with Gasteiger partial charge < -0.3 is 34.9 Å². The number of carboxylic acid groups (broad SMARTS) is 1. The normalized spacial score (nSPS) is 24.8. The first-order valence-electron chi connectivity index (χ1n) is 13.8. The van der Waals surface area contributed by atoms with Gasteiger partial charge in [0.15, 0.2) is 0 Å². The summed E-state index contributed by atoms with van der Waals surface area (Å²) in [6, 6.07) is 6.85. The Bertz CT molecular complexity index is 1370. The molecule has 42 heavy (non-hydrogen) atoms. The van der Waals surface area contributed by atoms with E-state index >= 15 is 0 Å². The van der Waals surface area contributed by atoms with E-state index in [1.165, 1.54) is 18.1 Å². The molecular formula is C30H38N4O8. The summed E-state index contributed by atoms with van der Waals surface area (Å²) in [4.78, 5) is 58.0. The number of pyridine rings is 1. The van der Waals surface area contributed by atoms with E-state index in [1.54, 1.807) is 40.0 Å². The van der Waals surface area contributed by atoms with E-state index in [-0.39, 0.29) is 19.4 Å². The third-order valence-electron chi connectivity index (χ3n) is 7.56. The highest BCUT2D eigenvalue weighted by Crippen LogP contribution is 2.45. The molecule has 1 saturated carbocycles. The van der Waals surface area contributed by atoms with Crippen molar-refractivity contribution in [3.8, 4) is 5.75 Å². The maximum Gasteiger partial charge on any atom is 0.408 e. The second kappa shape index (κ2) is 12.0. The van der Waals surface area contributed by atoms with Crippen molar-refractivity contribution in [2.45, 2.75) is 76.0 Å². The summed E-state index contributed by atoms with van der Waals surface area (Å²) >= 11 is 0. The smallest absolute Gasteiger partial charge is 0.408 e. The zero-order valence-corrected chi connectivity index (χ0v) is 24.5. The molecule has 2 aliphatic rings. The standard InChI is InChI=1S/C30H38N4O8/c1-7-18-15-30(18,27(37)38)33-25(35)22-14-19(41-23-12-13-31-21-11-9-8-10-20(21)23)16-34(22)26(36)24(17(2)40-6)32-28(39)42-29(3,4)5/h7-13,17-19,22,24H,1,14-16H2,2-6H3,(H,32,39)(H,33,35)(H,37,38). The topological polar surface area (TPSA) is 156 Å². The van der Waals surface area contributed by atoms with Crippen molar-refractivity contribution in [3.63, 3.8) is 0 Å². The summed E-state index contributed by atoms with van der Waals surface area (Å²) in [5.74, 6) is -2.31. The van der Waals surface area contributed by atoms with Crippen molar-refractivity contribution >= 4 is 34.8 Å². The van der Waals surface area contributed by atoms with E-state index in [1.807, 2.05) is 24.3 Å². The third-order valence-corrected chi connectivity index (χ3v) is 7.56. The van der Waals surface area contributed by atoms with E-state index in [0.29, 0.717) is 5.75 Å². The predicted molar refractivity (Wildman–Crippen MR) is 153 cm³/mol. The van der Waals surface area contributed by atoms with Crippen LogP contribution < -0.4 is 15.4 Å². The Morgan fingerprint density at radius 3 is 2.55 bits per heavy atom. The molecule has 2 heterocycles. The van der Waals surface area contributed by atoms with Gasteiger partial charge in [0.2, 0.25) is 11.8 Å². The van der Waals surface area contributed by atoms with Crippen LogP contribution in [0.25, 0.3) is 10.9 Å². The highest BCUT2D eigenvalue weighted by Gasteiger charge is 2.61. The molecule has 12 nitrogen and oxygen atoms in total. The van der Waals surface area contributed by atoms with Crippen LogP contribution in [0, 0.1) is 5.92 Å². The van der Waals surface area contributed by atoms with Gasteiger partial charge in [-0.05, 0) is 52.3 Å². The summed E-state index contributed by atoms with van der Waals surface area (Å²) in [7, 11) is 1.40. The second-order valence-corrected chi connectivity index (χ2v) is 11.7. The average molecular weight is 583 g/mol. The molecular weight excluding hydrogens is 544 g/mol. The van der Waals surface area contributed by atoms with Crippen molar-refractivity contribution in [1.29, 1.82) is 0 Å². The van der Waals surface area contributed by atoms with Crippen LogP contribution in [-0.4, -0.2) is 88.0 Å². The summed E-state index contributed by atoms with van der Waals surface area (Å²) in [6.45, 7) is 10.4. The van der Waals surface area contributed by atoms with Gasteiger partial charge in [-0.2, -0.15) is 0 Å². The molecule has 1 aliphatic carbocycles. The van der Waals surface area contributed by atoms with Gasteiger partial charge in [0, 0.05) is 31.0 Å². The number of hydrogen-bond acceptors (Lipinski definition) is 8. The molecule has 6 atom stereocenters. The molecule has 6 unspecified atom stereocenters. The van der Waals surface area contributed by atoms with Crippen molar-refractivity contribution in [2.75, 3.05) is 13.7 Å². The molecule has 12 heteroatoms. The van der Waals surface area contributed by atoms with Gasteiger partial charge in [0.05, 0.1) is 18.2 Å². The molecule has 2 aromatic rings. The first kappa shape index (κ1) is 30.8. The fourth-order valence-corrected chi connectivity index (χ4v) is 5.17. The van der Waals surface area contributed by atoms with Crippen molar-refractivity contribution < 1.29 is 38.5 Å². The molecule has 3 N–H and O–H groups in total. The summed E-state index contributed by atoms with van der Waals surface area (Å²) < 4.78 is 17.1. The zero-order valence-electron chi connectivity index (χ0n) is 24.5. The highest BCUT2D eigenvalue weighted by molar-refractivity contribution is 5.96. The number of hydrogen-bond donors (Lipinski definition) is 3. The molecule has 1 aliphatic heterocycles. The van der Waals surface area contributed by atoms with Crippen LogP contribution in [0.5, 0.6) is 5.75 Å². The lowest BCUT2D eigenvalue weighted by molar-refractivity contribution is -0.146. The lowest BCUT2D eigenvalue weighted by Gasteiger charge is -2.32. The number of carbonyl (C=O) groups excluding carboxylic acids is 3. The number of benzene rings is 1. The van der Waals surface area contributed by atoms with E-state index in [0.717, 1.165) is 10.9 Å². The quantitative estimate of drug-likeness (QED) is 0.358. The van der Waals surface area contributed by atoms with Crippen LogP contribution in [0.2, 0.25) is 0 Å². The number of rotatable bonds is 10. The number of carboxylic acids is 1. The molecule has 1 aromatic carbocycles. The number of ether oxygens (including phenoxy) is 3. The van der Waals surface area contributed by atoms with Gasteiger partial charge in [-0.1, -0.05) is 18.2 Å². The predicted octanol–water partition coefficient (Wildman–Crippen LogP) is 2.66. The van der Waals surface area contributed by atoms with Crippen molar-refractivity contribution in [1.82, 2.24) is 20.5 Å². The third kappa shape index (κ3) is 6.48. The molecule has 0 radical (unpaired) electrons. The number of para-hydroxylation sites is 1. The number of methoxy groups -OCH3 is 1. The number of aliphatic carboxylic acids is 1. The first-order chi connectivity index (χ1) is 19.8. The molecule has 226 valence electrons. The summed E-state index contributed by atoms with van der Waals surface area (Å²) in [6.07, 6.45) is 1.17. The molecule has 0 bridgehead atoms. The Hall–Kier alpha value is -4.19. The molecule has 1 saturated heterocycles. The lowest BCUT2D eigenvalue weighted by atomic mass is 10.1. The molecule has 0 spiro atoms. The first-order valence-corrected chi connectivity index (χ1v) is 13.8. The van der Waals surface area contributed by atoms with E-state index < -0.39 is 65.2 Å². The lowest BCUT2D eigenvalue weighted by Crippen LogP contribution is -2.59. The second-order valence-electron chi connectivity index (χ2n) is 11.7. The molecule has 2 fully saturated rings. The van der Waals surface area contributed by atoms with Gasteiger partial charge in [-0.3, -0.25) is 14.6 Å². The minimum absolute atomic E-state index is 0.00145. The number of alkyl carbamates (subject to hydrolysis) is 1. The van der Waals surface area contributed by atoms with Crippen LogP contribution in [0.15, 0.2) is 49.2 Å². The summed E-state index contributed by atoms with van der Waals surface area (Å²) in [5, 5.41) is 15.8. The van der Waals surface area contributed by atoms with Gasteiger partial charge in [0.1, 0.15) is 35.1 Å². The fourth-order valence-electron chi connectivity index (χ4n) is 5.17. The number of carbonyl (C=O) groups is 4. The average Bonchev–Trinajstić information content (AvgIpc) is 3.50. The maximum atomic E-state index is 14.0. The van der Waals surface area contributed by atoms with Crippen LogP contribution >= 0.6 is 0 Å². The van der Waals surface area contributed by atoms with Crippen LogP contribution in [0.4, 0.5) is 4.79 Å². The minimum Gasteiger partial charge on any atom is -0.488 e. The fraction of sp³-hybridized carbons (Fsp3) is 0.500.